The highest BCUT2D eigenvalue weighted by atomic mass is 32.2. The molecule has 0 saturated carbocycles. The summed E-state index contributed by atoms with van der Waals surface area (Å²) in [5.74, 6) is 0.408. The van der Waals surface area contributed by atoms with Crippen LogP contribution >= 0.6 is 0 Å². The third-order valence-electron chi connectivity index (χ3n) is 5.58. The lowest BCUT2D eigenvalue weighted by molar-refractivity contribution is 0.0954. The number of benzene rings is 2. The topological polar surface area (TPSA) is 75.7 Å². The number of sulfonamides is 1. The van der Waals surface area contributed by atoms with Crippen LogP contribution < -0.4 is 10.1 Å². The van der Waals surface area contributed by atoms with E-state index in [0.717, 1.165) is 19.3 Å². The first-order valence-corrected chi connectivity index (χ1v) is 12.6. The average molecular weight is 457 g/mol. The van der Waals surface area contributed by atoms with Gasteiger partial charge in [-0.1, -0.05) is 29.8 Å². The molecule has 0 spiro atoms. The Balaban J connectivity index is 1.72. The first-order valence-electron chi connectivity index (χ1n) is 11.1. The van der Waals surface area contributed by atoms with Crippen LogP contribution in [-0.2, 0) is 16.6 Å². The molecule has 7 heteroatoms. The van der Waals surface area contributed by atoms with Crippen molar-refractivity contribution in [2.24, 2.45) is 0 Å². The van der Waals surface area contributed by atoms with Crippen molar-refractivity contribution in [1.82, 2.24) is 9.62 Å². The van der Waals surface area contributed by atoms with Crippen molar-refractivity contribution in [3.05, 3.63) is 71.3 Å². The summed E-state index contributed by atoms with van der Waals surface area (Å²) in [6, 6.07) is 13.5. The Kier molecular flexibility index (Phi) is 8.47. The number of ether oxygens (including phenoxy) is 1. The molecular formula is C25H32N2O4S. The zero-order valence-corrected chi connectivity index (χ0v) is 19.7. The van der Waals surface area contributed by atoms with Gasteiger partial charge in [-0.15, -0.1) is 0 Å². The second kappa shape index (κ2) is 11.3. The highest BCUT2D eigenvalue weighted by Gasteiger charge is 2.22. The maximum atomic E-state index is 12.9. The molecule has 32 heavy (non-hydrogen) atoms. The van der Waals surface area contributed by atoms with E-state index in [4.69, 9.17) is 4.74 Å². The van der Waals surface area contributed by atoms with E-state index in [0.29, 0.717) is 30.0 Å². The van der Waals surface area contributed by atoms with Crippen molar-refractivity contribution in [2.45, 2.75) is 50.5 Å². The number of nitrogens with zero attached hydrogens (tertiary/aromatic N) is 1. The Bertz CT molecular complexity index is 1050. The van der Waals surface area contributed by atoms with E-state index in [1.54, 1.807) is 48.5 Å². The normalized spacial score (nSPS) is 14.2. The fourth-order valence-corrected chi connectivity index (χ4v) is 4.98. The van der Waals surface area contributed by atoms with Crippen LogP contribution in [0.1, 0.15) is 54.9 Å². The molecule has 1 amide bonds. The highest BCUT2D eigenvalue weighted by molar-refractivity contribution is 7.89. The number of allylic oxidation sites excluding steroid dienone is 1. The van der Waals surface area contributed by atoms with Gasteiger partial charge in [0.25, 0.3) is 5.91 Å². The standard InChI is InChI=1S/C25H32N2O4S/c1-3-31-24-15-14-21(25(28)26-17-16-20-10-6-4-7-11-20)18-22(24)19-27(2)32(29,30)23-12-8-5-9-13-23/h5,8-10,12-15,18H,3-4,6-7,11,16-17,19H2,1-2H3,(H,26,28). The summed E-state index contributed by atoms with van der Waals surface area (Å²) in [4.78, 5) is 12.9. The van der Waals surface area contributed by atoms with Gasteiger partial charge in [0.2, 0.25) is 10.0 Å². The van der Waals surface area contributed by atoms with Crippen LogP contribution in [0.5, 0.6) is 5.75 Å². The largest absolute Gasteiger partial charge is 0.494 e. The minimum Gasteiger partial charge on any atom is -0.494 e. The number of nitrogens with one attached hydrogen (secondary N) is 1. The Morgan fingerprint density at radius 1 is 1.12 bits per heavy atom. The van der Waals surface area contributed by atoms with E-state index in [1.165, 1.54) is 29.8 Å². The number of carbonyl (C=O) groups excluding carboxylic acids is 1. The van der Waals surface area contributed by atoms with E-state index in [2.05, 4.69) is 11.4 Å². The minimum absolute atomic E-state index is 0.0978. The van der Waals surface area contributed by atoms with Gasteiger partial charge in [0.05, 0.1) is 11.5 Å². The number of hydrogen-bond acceptors (Lipinski definition) is 4. The van der Waals surface area contributed by atoms with Gasteiger partial charge in [0, 0.05) is 31.3 Å². The van der Waals surface area contributed by atoms with Gasteiger partial charge < -0.3 is 10.1 Å². The summed E-state index contributed by atoms with van der Waals surface area (Å²) in [6.07, 6.45) is 7.87. The average Bonchev–Trinajstić information content (AvgIpc) is 2.81. The van der Waals surface area contributed by atoms with Crippen LogP contribution in [0.4, 0.5) is 0 Å². The monoisotopic (exact) mass is 456 g/mol. The molecule has 0 bridgehead atoms. The number of hydrogen-bond donors (Lipinski definition) is 1. The lowest BCUT2D eigenvalue weighted by atomic mass is 9.97. The summed E-state index contributed by atoms with van der Waals surface area (Å²) in [7, 11) is -2.13. The Labute approximate surface area is 191 Å². The molecule has 172 valence electrons. The van der Waals surface area contributed by atoms with Crippen molar-refractivity contribution in [3.63, 3.8) is 0 Å². The van der Waals surface area contributed by atoms with Crippen LogP contribution in [0.3, 0.4) is 0 Å². The number of carbonyl (C=O) groups is 1. The Hall–Kier alpha value is -2.64. The molecular weight excluding hydrogens is 424 g/mol. The predicted molar refractivity (Wildman–Crippen MR) is 126 cm³/mol. The van der Waals surface area contributed by atoms with Crippen molar-refractivity contribution in [3.8, 4) is 5.75 Å². The van der Waals surface area contributed by atoms with Gasteiger partial charge in [-0.3, -0.25) is 4.79 Å². The quantitative estimate of drug-likeness (QED) is 0.533. The third kappa shape index (κ3) is 6.20. The minimum atomic E-state index is -3.66. The molecule has 0 radical (unpaired) electrons. The van der Waals surface area contributed by atoms with E-state index >= 15 is 0 Å². The molecule has 1 aliphatic carbocycles. The maximum absolute atomic E-state index is 12.9. The summed E-state index contributed by atoms with van der Waals surface area (Å²) < 4.78 is 32.8. The van der Waals surface area contributed by atoms with Gasteiger partial charge >= 0.3 is 0 Å². The first-order chi connectivity index (χ1) is 15.4. The fourth-order valence-electron chi connectivity index (χ4n) is 3.81. The van der Waals surface area contributed by atoms with Crippen molar-refractivity contribution in [2.75, 3.05) is 20.2 Å². The van der Waals surface area contributed by atoms with Crippen LogP contribution in [0.25, 0.3) is 0 Å². The van der Waals surface area contributed by atoms with Crippen LogP contribution in [0, 0.1) is 0 Å². The molecule has 0 aromatic heterocycles. The first kappa shape index (κ1) is 24.0. The Morgan fingerprint density at radius 2 is 1.91 bits per heavy atom. The molecule has 1 N–H and O–H groups in total. The molecule has 0 saturated heterocycles. The molecule has 0 heterocycles. The summed E-state index contributed by atoms with van der Waals surface area (Å²) in [6.45, 7) is 3.01. The summed E-state index contributed by atoms with van der Waals surface area (Å²) in [5, 5.41) is 2.98. The van der Waals surface area contributed by atoms with Crippen molar-refractivity contribution >= 4 is 15.9 Å². The van der Waals surface area contributed by atoms with Gasteiger partial charge in [-0.25, -0.2) is 8.42 Å². The van der Waals surface area contributed by atoms with Crippen LogP contribution in [-0.4, -0.2) is 38.8 Å². The van der Waals surface area contributed by atoms with E-state index in [1.807, 2.05) is 6.92 Å². The molecule has 6 nitrogen and oxygen atoms in total. The predicted octanol–water partition coefficient (Wildman–Crippen LogP) is 4.53. The van der Waals surface area contributed by atoms with E-state index < -0.39 is 10.0 Å². The lowest BCUT2D eigenvalue weighted by Crippen LogP contribution is -2.27. The molecule has 0 atom stereocenters. The summed E-state index contributed by atoms with van der Waals surface area (Å²) >= 11 is 0. The number of rotatable bonds is 10. The summed E-state index contributed by atoms with van der Waals surface area (Å²) in [5.41, 5.74) is 2.56. The van der Waals surface area contributed by atoms with Crippen LogP contribution in [0.2, 0.25) is 0 Å². The molecule has 2 aromatic carbocycles. The van der Waals surface area contributed by atoms with Gasteiger partial charge in [-0.2, -0.15) is 4.31 Å². The second-order valence-electron chi connectivity index (χ2n) is 7.94. The van der Waals surface area contributed by atoms with Crippen molar-refractivity contribution < 1.29 is 17.9 Å². The molecule has 1 aliphatic rings. The van der Waals surface area contributed by atoms with E-state index in [-0.39, 0.29) is 17.3 Å². The molecule has 0 fully saturated rings. The maximum Gasteiger partial charge on any atom is 0.251 e. The zero-order chi connectivity index (χ0) is 23.0. The highest BCUT2D eigenvalue weighted by Crippen LogP contribution is 2.25. The third-order valence-corrected chi connectivity index (χ3v) is 7.40. The van der Waals surface area contributed by atoms with Gasteiger partial charge in [0.15, 0.2) is 0 Å². The Morgan fingerprint density at radius 3 is 2.59 bits per heavy atom. The molecule has 0 aliphatic heterocycles. The zero-order valence-electron chi connectivity index (χ0n) is 18.8. The molecule has 0 unspecified atom stereocenters. The smallest absolute Gasteiger partial charge is 0.251 e. The van der Waals surface area contributed by atoms with Gasteiger partial charge in [-0.05, 0) is 69.4 Å². The molecule has 2 aromatic rings. The number of amides is 1. The van der Waals surface area contributed by atoms with Crippen LogP contribution in [0.15, 0.2) is 65.1 Å². The second-order valence-corrected chi connectivity index (χ2v) is 9.99. The van der Waals surface area contributed by atoms with E-state index in [9.17, 15) is 13.2 Å². The van der Waals surface area contributed by atoms with Gasteiger partial charge in [0.1, 0.15) is 5.75 Å². The van der Waals surface area contributed by atoms with Crippen molar-refractivity contribution in [1.29, 1.82) is 0 Å². The fraction of sp³-hybridized carbons (Fsp3) is 0.400. The lowest BCUT2D eigenvalue weighted by Gasteiger charge is -2.20. The molecule has 3 rings (SSSR count). The SMILES string of the molecule is CCOc1ccc(C(=O)NCCC2=CCCCC2)cc1CN(C)S(=O)(=O)c1ccccc1.